The Bertz CT molecular complexity index is 882. The van der Waals surface area contributed by atoms with Gasteiger partial charge in [-0.05, 0) is 54.2 Å². The van der Waals surface area contributed by atoms with E-state index in [0.717, 1.165) is 16.9 Å². The quantitative estimate of drug-likeness (QED) is 0.588. The maximum Gasteiger partial charge on any atom is 0.216 e. The van der Waals surface area contributed by atoms with Crippen LogP contribution < -0.4 is 4.74 Å². The molecule has 0 bridgehead atoms. The number of benzene rings is 2. The molecule has 7 heteroatoms. The number of nitrogens with zero attached hydrogens (tertiary/aromatic N) is 3. The van der Waals surface area contributed by atoms with E-state index in [-0.39, 0.29) is 5.82 Å². The van der Waals surface area contributed by atoms with E-state index in [0.29, 0.717) is 10.6 Å². The molecule has 0 saturated heterocycles. The van der Waals surface area contributed by atoms with Crippen LogP contribution in [0.2, 0.25) is 0 Å². The van der Waals surface area contributed by atoms with E-state index in [1.807, 2.05) is 24.3 Å². The van der Waals surface area contributed by atoms with Crippen molar-refractivity contribution in [1.29, 1.82) is 0 Å². The first-order chi connectivity index (χ1) is 11.2. The standard InChI is InChI=1S/C16H13FN4OS/c1-22-14-8-4-12(5-9-14)15-19-20-16(23)21(15)18-10-11-2-6-13(17)7-3-11/h2-10H,1H3,(H,20,23). The lowest BCUT2D eigenvalue weighted by Crippen LogP contribution is -1.95. The summed E-state index contributed by atoms with van der Waals surface area (Å²) in [4.78, 5) is 0. The Labute approximate surface area is 137 Å². The van der Waals surface area contributed by atoms with Gasteiger partial charge in [0.15, 0.2) is 5.82 Å². The molecule has 5 nitrogen and oxygen atoms in total. The summed E-state index contributed by atoms with van der Waals surface area (Å²) in [5, 5.41) is 11.2. The van der Waals surface area contributed by atoms with Gasteiger partial charge in [-0.2, -0.15) is 14.9 Å². The fourth-order valence-corrected chi connectivity index (χ4v) is 2.18. The maximum atomic E-state index is 12.9. The fourth-order valence-electron chi connectivity index (χ4n) is 2.00. The summed E-state index contributed by atoms with van der Waals surface area (Å²) in [7, 11) is 1.61. The van der Waals surface area contributed by atoms with Gasteiger partial charge in [-0.1, -0.05) is 12.1 Å². The zero-order chi connectivity index (χ0) is 16.2. The number of H-pyrrole nitrogens is 1. The highest BCUT2D eigenvalue weighted by molar-refractivity contribution is 7.71. The van der Waals surface area contributed by atoms with Gasteiger partial charge in [0.25, 0.3) is 0 Å². The van der Waals surface area contributed by atoms with Crippen LogP contribution in [0.15, 0.2) is 53.6 Å². The van der Waals surface area contributed by atoms with Gasteiger partial charge in [0.2, 0.25) is 4.77 Å². The predicted molar refractivity (Wildman–Crippen MR) is 88.8 cm³/mol. The van der Waals surface area contributed by atoms with Gasteiger partial charge in [0.05, 0.1) is 13.3 Å². The van der Waals surface area contributed by atoms with Crippen LogP contribution in [-0.4, -0.2) is 28.2 Å². The molecule has 0 atom stereocenters. The molecule has 1 aromatic heterocycles. The molecular formula is C16H13FN4OS. The van der Waals surface area contributed by atoms with Gasteiger partial charge in [0.1, 0.15) is 11.6 Å². The Morgan fingerprint density at radius 3 is 2.52 bits per heavy atom. The molecule has 1 N–H and O–H groups in total. The minimum atomic E-state index is -0.291. The fraction of sp³-hybridized carbons (Fsp3) is 0.0625. The molecule has 0 aliphatic rings. The van der Waals surface area contributed by atoms with Gasteiger partial charge >= 0.3 is 0 Å². The first kappa shape index (κ1) is 15.1. The maximum absolute atomic E-state index is 12.9. The molecule has 0 radical (unpaired) electrons. The van der Waals surface area contributed by atoms with Crippen LogP contribution in [0.1, 0.15) is 5.56 Å². The van der Waals surface area contributed by atoms with Crippen molar-refractivity contribution in [3.05, 3.63) is 64.7 Å². The molecule has 3 rings (SSSR count). The average Bonchev–Trinajstić information content (AvgIpc) is 2.95. The molecule has 3 aromatic rings. The second-order valence-electron chi connectivity index (χ2n) is 4.69. The molecule has 0 amide bonds. The summed E-state index contributed by atoms with van der Waals surface area (Å²) in [6.45, 7) is 0. The smallest absolute Gasteiger partial charge is 0.216 e. The Morgan fingerprint density at radius 1 is 1.17 bits per heavy atom. The van der Waals surface area contributed by atoms with Gasteiger partial charge in [-0.15, -0.1) is 0 Å². The molecule has 116 valence electrons. The molecule has 0 fully saturated rings. The third kappa shape index (κ3) is 3.35. The topological polar surface area (TPSA) is 55.2 Å². The molecule has 0 spiro atoms. The van der Waals surface area contributed by atoms with Gasteiger partial charge < -0.3 is 4.74 Å². The number of aromatic nitrogens is 3. The van der Waals surface area contributed by atoms with Crippen molar-refractivity contribution in [3.63, 3.8) is 0 Å². The number of hydrogen-bond donors (Lipinski definition) is 1. The van der Waals surface area contributed by atoms with Crippen molar-refractivity contribution in [2.75, 3.05) is 7.11 Å². The van der Waals surface area contributed by atoms with Crippen molar-refractivity contribution in [1.82, 2.24) is 14.9 Å². The highest BCUT2D eigenvalue weighted by atomic mass is 32.1. The SMILES string of the molecule is COc1ccc(-c2n[nH]c(=S)n2N=Cc2ccc(F)cc2)cc1. The summed E-state index contributed by atoms with van der Waals surface area (Å²) in [6, 6.07) is 13.4. The third-order valence-corrected chi connectivity index (χ3v) is 3.46. The van der Waals surface area contributed by atoms with Crippen LogP contribution in [0.4, 0.5) is 4.39 Å². The van der Waals surface area contributed by atoms with Crippen molar-refractivity contribution >= 4 is 18.4 Å². The third-order valence-electron chi connectivity index (χ3n) is 3.19. The van der Waals surface area contributed by atoms with E-state index < -0.39 is 0 Å². The Morgan fingerprint density at radius 2 is 1.87 bits per heavy atom. The molecule has 0 saturated carbocycles. The molecule has 0 aliphatic heterocycles. The number of nitrogens with one attached hydrogen (secondary N) is 1. The second-order valence-corrected chi connectivity index (χ2v) is 5.08. The Kier molecular flexibility index (Phi) is 4.29. The van der Waals surface area contributed by atoms with Crippen LogP contribution in [0, 0.1) is 10.6 Å². The van der Waals surface area contributed by atoms with E-state index >= 15 is 0 Å². The van der Waals surface area contributed by atoms with E-state index in [1.165, 1.54) is 16.8 Å². The molecule has 23 heavy (non-hydrogen) atoms. The van der Waals surface area contributed by atoms with E-state index in [4.69, 9.17) is 17.0 Å². The van der Waals surface area contributed by atoms with Crippen molar-refractivity contribution < 1.29 is 9.13 Å². The lowest BCUT2D eigenvalue weighted by atomic mass is 10.2. The predicted octanol–water partition coefficient (Wildman–Crippen LogP) is 3.64. The summed E-state index contributed by atoms with van der Waals surface area (Å²) in [6.07, 6.45) is 1.60. The molecule has 0 aliphatic carbocycles. The van der Waals surface area contributed by atoms with Crippen LogP contribution in [-0.2, 0) is 0 Å². The number of methoxy groups -OCH3 is 1. The van der Waals surface area contributed by atoms with Gasteiger partial charge in [-0.25, -0.2) is 9.49 Å². The number of halogens is 1. The monoisotopic (exact) mass is 328 g/mol. The number of hydrogen-bond acceptors (Lipinski definition) is 4. The first-order valence-electron chi connectivity index (χ1n) is 6.79. The number of aromatic amines is 1. The average molecular weight is 328 g/mol. The molecule has 2 aromatic carbocycles. The summed E-state index contributed by atoms with van der Waals surface area (Å²) >= 11 is 5.20. The first-order valence-corrected chi connectivity index (χ1v) is 7.20. The highest BCUT2D eigenvalue weighted by Crippen LogP contribution is 2.20. The summed E-state index contributed by atoms with van der Waals surface area (Å²) in [5.74, 6) is 1.04. The molecule has 0 unspecified atom stereocenters. The summed E-state index contributed by atoms with van der Waals surface area (Å²) < 4.78 is 19.9. The minimum Gasteiger partial charge on any atom is -0.497 e. The number of rotatable bonds is 4. The van der Waals surface area contributed by atoms with Crippen molar-refractivity contribution in [2.45, 2.75) is 0 Å². The van der Waals surface area contributed by atoms with Crippen LogP contribution in [0.25, 0.3) is 11.4 Å². The normalized spacial score (nSPS) is 11.0. The van der Waals surface area contributed by atoms with Crippen molar-refractivity contribution in [2.24, 2.45) is 5.10 Å². The summed E-state index contributed by atoms with van der Waals surface area (Å²) in [5.41, 5.74) is 1.60. The van der Waals surface area contributed by atoms with E-state index in [9.17, 15) is 4.39 Å². The van der Waals surface area contributed by atoms with Crippen molar-refractivity contribution in [3.8, 4) is 17.1 Å². The highest BCUT2D eigenvalue weighted by Gasteiger charge is 2.08. The lowest BCUT2D eigenvalue weighted by Gasteiger charge is -2.03. The van der Waals surface area contributed by atoms with Crippen LogP contribution >= 0.6 is 12.2 Å². The second kappa shape index (κ2) is 6.53. The van der Waals surface area contributed by atoms with Gasteiger partial charge in [0, 0.05) is 5.56 Å². The Hall–Kier alpha value is -2.80. The van der Waals surface area contributed by atoms with E-state index in [1.54, 1.807) is 25.5 Å². The zero-order valence-corrected chi connectivity index (χ0v) is 13.0. The van der Waals surface area contributed by atoms with Crippen LogP contribution in [0.5, 0.6) is 5.75 Å². The van der Waals surface area contributed by atoms with E-state index in [2.05, 4.69) is 15.3 Å². The largest absolute Gasteiger partial charge is 0.497 e. The minimum absolute atomic E-state index is 0.291. The Balaban J connectivity index is 1.95. The van der Waals surface area contributed by atoms with Crippen LogP contribution in [0.3, 0.4) is 0 Å². The van der Waals surface area contributed by atoms with Gasteiger partial charge in [-0.3, -0.25) is 0 Å². The zero-order valence-electron chi connectivity index (χ0n) is 12.2. The molecular weight excluding hydrogens is 315 g/mol. The number of ether oxygens (including phenoxy) is 1. The molecule has 1 heterocycles. The lowest BCUT2D eigenvalue weighted by molar-refractivity contribution is 0.415.